The molecule has 8 heteroatoms. The van der Waals surface area contributed by atoms with Crippen molar-refractivity contribution in [3.63, 3.8) is 0 Å². The lowest BCUT2D eigenvalue weighted by Crippen LogP contribution is -2.46. The van der Waals surface area contributed by atoms with Gasteiger partial charge in [-0.25, -0.2) is 9.97 Å². The molecule has 0 bridgehead atoms. The third-order valence-corrected chi connectivity index (χ3v) is 5.62. The lowest BCUT2D eigenvalue weighted by Gasteiger charge is -2.36. The molecule has 1 aliphatic heterocycles. The van der Waals surface area contributed by atoms with Crippen LogP contribution in [0.1, 0.15) is 20.8 Å². The van der Waals surface area contributed by atoms with Gasteiger partial charge in [-0.2, -0.15) is 0 Å². The van der Waals surface area contributed by atoms with E-state index in [0.717, 1.165) is 35.4 Å². The third kappa shape index (κ3) is 4.61. The molecule has 0 aliphatic carbocycles. The summed E-state index contributed by atoms with van der Waals surface area (Å²) in [6.07, 6.45) is 0.181. The van der Waals surface area contributed by atoms with Crippen molar-refractivity contribution in [1.29, 1.82) is 0 Å². The van der Waals surface area contributed by atoms with Gasteiger partial charge in [0.1, 0.15) is 5.82 Å². The summed E-state index contributed by atoms with van der Waals surface area (Å²) in [5.41, 5.74) is 1.61. The fourth-order valence-corrected chi connectivity index (χ4v) is 4.24. The number of rotatable bonds is 7. The van der Waals surface area contributed by atoms with Crippen molar-refractivity contribution in [2.45, 2.75) is 33.0 Å². The molecular weight excluding hydrogens is 422 g/mol. The maximum Gasteiger partial charge on any atom is 0.163 e. The second-order valence-electron chi connectivity index (χ2n) is 8.06. The average molecular weight is 454 g/mol. The molecule has 4 rings (SSSR count). The van der Waals surface area contributed by atoms with Crippen LogP contribution in [-0.4, -0.2) is 63.2 Å². The van der Waals surface area contributed by atoms with Gasteiger partial charge in [-0.15, -0.1) is 0 Å². The molecule has 1 fully saturated rings. The molecule has 1 aromatic heterocycles. The van der Waals surface area contributed by atoms with E-state index >= 15 is 0 Å². The highest BCUT2D eigenvalue weighted by Crippen LogP contribution is 2.38. The van der Waals surface area contributed by atoms with Crippen LogP contribution in [0.5, 0.6) is 23.0 Å². The molecule has 0 unspecified atom stereocenters. The fourth-order valence-electron chi connectivity index (χ4n) is 4.24. The molecule has 3 aromatic rings. The number of nitrogens with zero attached hydrogens (tertiary/aromatic N) is 3. The summed E-state index contributed by atoms with van der Waals surface area (Å²) in [7, 11) is 4.87. The van der Waals surface area contributed by atoms with Gasteiger partial charge in [-0.3, -0.25) is 0 Å². The molecule has 176 valence electrons. The SMILES string of the molecule is CCOc1cc2nc(-c3ccc(OC)c(OC)c3)nc(N3C[C@@H](C)O[C@H](C)C3)c2cc1OC. The Bertz CT molecular complexity index is 1130. The lowest BCUT2D eigenvalue weighted by atomic mass is 10.1. The van der Waals surface area contributed by atoms with Crippen molar-refractivity contribution in [2.75, 3.05) is 45.9 Å². The molecule has 8 nitrogen and oxygen atoms in total. The molecule has 0 N–H and O–H groups in total. The predicted octanol–water partition coefficient (Wildman–Crippen LogP) is 4.33. The van der Waals surface area contributed by atoms with Crippen molar-refractivity contribution in [3.8, 4) is 34.4 Å². The summed E-state index contributed by atoms with van der Waals surface area (Å²) in [4.78, 5) is 12.2. The maximum absolute atomic E-state index is 5.96. The van der Waals surface area contributed by atoms with Crippen LogP contribution in [0.2, 0.25) is 0 Å². The highest BCUT2D eigenvalue weighted by Gasteiger charge is 2.26. The smallest absolute Gasteiger partial charge is 0.163 e. The first-order chi connectivity index (χ1) is 16.0. The van der Waals surface area contributed by atoms with Gasteiger partial charge in [0.05, 0.1) is 45.7 Å². The molecule has 33 heavy (non-hydrogen) atoms. The number of morpholine rings is 1. The van der Waals surface area contributed by atoms with Gasteiger partial charge in [0.25, 0.3) is 0 Å². The molecule has 2 aromatic carbocycles. The molecule has 2 heterocycles. The normalized spacial score (nSPS) is 18.3. The molecule has 0 saturated carbocycles. The van der Waals surface area contributed by atoms with Gasteiger partial charge >= 0.3 is 0 Å². The molecule has 0 spiro atoms. The van der Waals surface area contributed by atoms with Gasteiger partial charge in [0.15, 0.2) is 28.8 Å². The first-order valence-electron chi connectivity index (χ1n) is 11.1. The minimum atomic E-state index is 0.0906. The topological polar surface area (TPSA) is 75.2 Å². The summed E-state index contributed by atoms with van der Waals surface area (Å²) in [6.45, 7) is 8.10. The van der Waals surface area contributed by atoms with Gasteiger partial charge in [0.2, 0.25) is 0 Å². The van der Waals surface area contributed by atoms with Crippen LogP contribution in [0.25, 0.3) is 22.3 Å². The van der Waals surface area contributed by atoms with Crippen molar-refractivity contribution in [3.05, 3.63) is 30.3 Å². The highest BCUT2D eigenvalue weighted by molar-refractivity contribution is 5.93. The number of hydrogen-bond acceptors (Lipinski definition) is 8. The number of hydrogen-bond donors (Lipinski definition) is 0. The molecule has 2 atom stereocenters. The number of anilines is 1. The van der Waals surface area contributed by atoms with Crippen LogP contribution in [-0.2, 0) is 4.74 Å². The zero-order valence-corrected chi connectivity index (χ0v) is 20.0. The fraction of sp³-hybridized carbons (Fsp3) is 0.440. The number of benzene rings is 2. The van der Waals surface area contributed by atoms with E-state index in [4.69, 9.17) is 33.7 Å². The summed E-state index contributed by atoms with van der Waals surface area (Å²) < 4.78 is 28.3. The highest BCUT2D eigenvalue weighted by atomic mass is 16.5. The second-order valence-corrected chi connectivity index (χ2v) is 8.06. The first-order valence-corrected chi connectivity index (χ1v) is 11.1. The van der Waals surface area contributed by atoms with E-state index in [-0.39, 0.29) is 12.2 Å². The standard InChI is InChI=1S/C25H31N3O5/c1-7-32-23-12-19-18(11-22(23)31-6)25(28-13-15(2)33-16(3)14-28)27-24(26-19)17-8-9-20(29-4)21(10-17)30-5/h8-12,15-16H,7,13-14H2,1-6H3/t15-,16-/m1/s1. The number of ether oxygens (including phenoxy) is 5. The Morgan fingerprint density at radius 3 is 2.18 bits per heavy atom. The summed E-state index contributed by atoms with van der Waals surface area (Å²) in [5.74, 6) is 4.02. The van der Waals surface area contributed by atoms with E-state index in [0.29, 0.717) is 35.4 Å². The van der Waals surface area contributed by atoms with Crippen molar-refractivity contribution < 1.29 is 23.7 Å². The van der Waals surface area contributed by atoms with Gasteiger partial charge in [0, 0.05) is 30.1 Å². The van der Waals surface area contributed by atoms with E-state index in [9.17, 15) is 0 Å². The average Bonchev–Trinajstić information content (AvgIpc) is 2.82. The van der Waals surface area contributed by atoms with Gasteiger partial charge in [-0.1, -0.05) is 0 Å². The first kappa shape index (κ1) is 22.9. The molecule has 1 saturated heterocycles. The summed E-state index contributed by atoms with van der Waals surface area (Å²) >= 11 is 0. The third-order valence-electron chi connectivity index (χ3n) is 5.62. The van der Waals surface area contributed by atoms with Crippen molar-refractivity contribution in [1.82, 2.24) is 9.97 Å². The lowest BCUT2D eigenvalue weighted by molar-refractivity contribution is -0.00536. The number of aromatic nitrogens is 2. The van der Waals surface area contributed by atoms with Crippen LogP contribution in [0.3, 0.4) is 0 Å². The zero-order chi connectivity index (χ0) is 23.5. The van der Waals surface area contributed by atoms with E-state index in [1.54, 1.807) is 21.3 Å². The van der Waals surface area contributed by atoms with Crippen LogP contribution < -0.4 is 23.8 Å². The quantitative estimate of drug-likeness (QED) is 0.523. The minimum Gasteiger partial charge on any atom is -0.493 e. The largest absolute Gasteiger partial charge is 0.493 e. The number of methoxy groups -OCH3 is 3. The Kier molecular flexibility index (Phi) is 6.74. The van der Waals surface area contributed by atoms with Gasteiger partial charge in [-0.05, 0) is 45.0 Å². The van der Waals surface area contributed by atoms with Crippen LogP contribution in [0.15, 0.2) is 30.3 Å². The Balaban J connectivity index is 1.93. The van der Waals surface area contributed by atoms with Crippen molar-refractivity contribution in [2.24, 2.45) is 0 Å². The Hall–Kier alpha value is -3.26. The Morgan fingerprint density at radius 1 is 0.879 bits per heavy atom. The monoisotopic (exact) mass is 453 g/mol. The summed E-state index contributed by atoms with van der Waals surface area (Å²) in [5, 5.41) is 0.904. The second kappa shape index (κ2) is 9.70. The maximum atomic E-state index is 5.96. The van der Waals surface area contributed by atoms with E-state index in [2.05, 4.69) is 18.7 Å². The number of fused-ring (bicyclic) bond motifs is 1. The van der Waals surface area contributed by atoms with E-state index in [1.165, 1.54) is 0 Å². The molecular formula is C25H31N3O5. The van der Waals surface area contributed by atoms with Crippen LogP contribution in [0.4, 0.5) is 5.82 Å². The zero-order valence-electron chi connectivity index (χ0n) is 20.0. The minimum absolute atomic E-state index is 0.0906. The Morgan fingerprint density at radius 2 is 1.55 bits per heavy atom. The van der Waals surface area contributed by atoms with Crippen LogP contribution >= 0.6 is 0 Å². The van der Waals surface area contributed by atoms with E-state index < -0.39 is 0 Å². The Labute approximate surface area is 194 Å². The molecule has 0 amide bonds. The van der Waals surface area contributed by atoms with E-state index in [1.807, 2.05) is 37.3 Å². The van der Waals surface area contributed by atoms with Crippen LogP contribution in [0, 0.1) is 0 Å². The van der Waals surface area contributed by atoms with Crippen molar-refractivity contribution >= 4 is 16.7 Å². The predicted molar refractivity (Wildman–Crippen MR) is 128 cm³/mol. The molecule has 0 radical (unpaired) electrons. The van der Waals surface area contributed by atoms with Gasteiger partial charge < -0.3 is 28.6 Å². The molecule has 1 aliphatic rings. The summed E-state index contributed by atoms with van der Waals surface area (Å²) in [6, 6.07) is 9.56.